The van der Waals surface area contributed by atoms with E-state index in [1.165, 1.54) is 0 Å². The van der Waals surface area contributed by atoms with Crippen LogP contribution in [0, 0.1) is 5.41 Å². The maximum absolute atomic E-state index is 12.8. The van der Waals surface area contributed by atoms with Crippen molar-refractivity contribution in [3.05, 3.63) is 18.0 Å². The van der Waals surface area contributed by atoms with Gasteiger partial charge in [-0.2, -0.15) is 5.10 Å². The Morgan fingerprint density at radius 2 is 2.20 bits per heavy atom. The van der Waals surface area contributed by atoms with Gasteiger partial charge in [0.2, 0.25) is 5.91 Å². The summed E-state index contributed by atoms with van der Waals surface area (Å²) >= 11 is 0. The Balaban J connectivity index is 1.71. The summed E-state index contributed by atoms with van der Waals surface area (Å²) < 4.78 is 7.49. The monoisotopic (exact) mass is 349 g/mol. The molecule has 2 saturated heterocycles. The van der Waals surface area contributed by atoms with E-state index in [9.17, 15) is 9.59 Å². The van der Waals surface area contributed by atoms with Gasteiger partial charge < -0.3 is 15.0 Å². The number of rotatable bonds is 3. The largest absolute Gasteiger partial charge is 0.379 e. The highest BCUT2D eigenvalue weighted by atomic mass is 16.5. The highest BCUT2D eigenvalue weighted by Crippen LogP contribution is 2.33. The number of hydrogen-bond acceptors (Lipinski definition) is 5. The Kier molecular flexibility index (Phi) is 5.39. The SMILES string of the molecule is CNC(=O)CN1CCOC[C@@]2(CCCN(C(=O)c3ccn(C)n3)C2)C1. The maximum atomic E-state index is 12.8. The number of likely N-dealkylation sites (tertiary alicyclic amines) is 1. The number of nitrogens with zero attached hydrogens (tertiary/aromatic N) is 4. The lowest BCUT2D eigenvalue weighted by molar-refractivity contribution is -0.122. The predicted octanol–water partition coefficient (Wildman–Crippen LogP) is -0.279. The first kappa shape index (κ1) is 17.9. The molecule has 0 unspecified atom stereocenters. The number of likely N-dealkylation sites (N-methyl/N-ethyl adjacent to an activating group) is 1. The minimum absolute atomic E-state index is 0.00859. The molecule has 8 nitrogen and oxygen atoms in total. The normalized spacial score (nSPS) is 25.0. The van der Waals surface area contributed by atoms with Gasteiger partial charge in [-0.25, -0.2) is 0 Å². The number of carbonyl (C=O) groups is 2. The van der Waals surface area contributed by atoms with Gasteiger partial charge in [-0.05, 0) is 18.9 Å². The number of amides is 2. The molecule has 138 valence electrons. The quantitative estimate of drug-likeness (QED) is 0.812. The molecule has 3 heterocycles. The van der Waals surface area contributed by atoms with Gasteiger partial charge in [-0.1, -0.05) is 0 Å². The minimum atomic E-state index is -0.118. The lowest BCUT2D eigenvalue weighted by atomic mass is 9.80. The third kappa shape index (κ3) is 4.19. The Morgan fingerprint density at radius 1 is 1.36 bits per heavy atom. The molecule has 0 radical (unpaired) electrons. The van der Waals surface area contributed by atoms with E-state index >= 15 is 0 Å². The van der Waals surface area contributed by atoms with Crippen LogP contribution in [0.4, 0.5) is 0 Å². The van der Waals surface area contributed by atoms with Crippen molar-refractivity contribution in [2.45, 2.75) is 12.8 Å². The van der Waals surface area contributed by atoms with Crippen LogP contribution in [0.5, 0.6) is 0 Å². The van der Waals surface area contributed by atoms with E-state index in [-0.39, 0.29) is 17.2 Å². The minimum Gasteiger partial charge on any atom is -0.379 e. The van der Waals surface area contributed by atoms with Gasteiger partial charge in [0.15, 0.2) is 0 Å². The lowest BCUT2D eigenvalue weighted by Gasteiger charge is -2.43. The molecular weight excluding hydrogens is 322 g/mol. The molecule has 1 spiro atoms. The van der Waals surface area contributed by atoms with E-state index in [0.29, 0.717) is 32.0 Å². The van der Waals surface area contributed by atoms with Crippen LogP contribution in [0.15, 0.2) is 12.3 Å². The average Bonchev–Trinajstić information content (AvgIpc) is 2.95. The molecular formula is C17H27N5O3. The molecule has 2 aliphatic heterocycles. The van der Waals surface area contributed by atoms with Crippen LogP contribution in [-0.2, 0) is 16.6 Å². The Bertz CT molecular complexity index is 632. The summed E-state index contributed by atoms with van der Waals surface area (Å²) in [6, 6.07) is 1.76. The fourth-order valence-corrected chi connectivity index (χ4v) is 3.82. The average molecular weight is 349 g/mol. The Labute approximate surface area is 148 Å². The summed E-state index contributed by atoms with van der Waals surface area (Å²) in [5.41, 5.74) is 0.365. The van der Waals surface area contributed by atoms with Gasteiger partial charge in [0.25, 0.3) is 5.91 Å². The Morgan fingerprint density at radius 3 is 2.92 bits per heavy atom. The third-order valence-electron chi connectivity index (χ3n) is 5.05. The van der Waals surface area contributed by atoms with E-state index in [1.54, 1.807) is 24.0 Å². The third-order valence-corrected chi connectivity index (χ3v) is 5.05. The van der Waals surface area contributed by atoms with Crippen LogP contribution in [0.25, 0.3) is 0 Å². The van der Waals surface area contributed by atoms with Gasteiger partial charge in [0.05, 0.1) is 19.8 Å². The van der Waals surface area contributed by atoms with E-state index in [4.69, 9.17) is 4.74 Å². The molecule has 1 atom stereocenters. The molecule has 25 heavy (non-hydrogen) atoms. The second-order valence-electron chi connectivity index (χ2n) is 7.14. The number of ether oxygens (including phenoxy) is 1. The standard InChI is InChI=1S/C17H27N5O3/c1-18-15(23)10-21-8-9-25-13-17(11-21)5-3-6-22(12-17)16(24)14-4-7-20(2)19-14/h4,7H,3,5-6,8-13H2,1-2H3,(H,18,23)/t17-/m0/s1. The molecule has 2 amide bonds. The van der Waals surface area contributed by atoms with E-state index in [0.717, 1.165) is 32.5 Å². The van der Waals surface area contributed by atoms with E-state index < -0.39 is 0 Å². The van der Waals surface area contributed by atoms with Crippen molar-refractivity contribution < 1.29 is 14.3 Å². The summed E-state index contributed by atoms with van der Waals surface area (Å²) in [5.74, 6) is -0.0175. The van der Waals surface area contributed by atoms with Crippen molar-refractivity contribution >= 4 is 11.8 Å². The van der Waals surface area contributed by atoms with Crippen molar-refractivity contribution in [1.29, 1.82) is 0 Å². The summed E-state index contributed by atoms with van der Waals surface area (Å²) in [6.07, 6.45) is 3.73. The molecule has 8 heteroatoms. The summed E-state index contributed by atoms with van der Waals surface area (Å²) in [6.45, 7) is 4.51. The van der Waals surface area contributed by atoms with E-state index in [1.807, 2.05) is 11.9 Å². The zero-order chi connectivity index (χ0) is 17.9. The van der Waals surface area contributed by atoms with Crippen molar-refractivity contribution in [3.8, 4) is 0 Å². The van der Waals surface area contributed by atoms with Crippen LogP contribution in [0.2, 0.25) is 0 Å². The zero-order valence-corrected chi connectivity index (χ0v) is 15.0. The summed E-state index contributed by atoms with van der Waals surface area (Å²) in [5, 5.41) is 6.91. The topological polar surface area (TPSA) is 79.7 Å². The number of nitrogens with one attached hydrogen (secondary N) is 1. The van der Waals surface area contributed by atoms with Crippen molar-refractivity contribution in [2.75, 3.05) is 53.0 Å². The molecule has 3 rings (SSSR count). The van der Waals surface area contributed by atoms with Crippen LogP contribution in [0.3, 0.4) is 0 Å². The van der Waals surface area contributed by atoms with Crippen LogP contribution in [0.1, 0.15) is 23.3 Å². The molecule has 1 N–H and O–H groups in total. The van der Waals surface area contributed by atoms with Gasteiger partial charge in [-0.15, -0.1) is 0 Å². The van der Waals surface area contributed by atoms with Gasteiger partial charge in [0, 0.05) is 51.9 Å². The number of aromatic nitrogens is 2. The number of aryl methyl sites for hydroxylation is 1. The molecule has 2 aliphatic rings. The molecule has 0 saturated carbocycles. The molecule has 0 aliphatic carbocycles. The van der Waals surface area contributed by atoms with Crippen molar-refractivity contribution in [2.24, 2.45) is 12.5 Å². The summed E-state index contributed by atoms with van der Waals surface area (Å²) in [7, 11) is 3.46. The molecule has 1 aromatic heterocycles. The number of carbonyl (C=O) groups excluding carboxylic acids is 2. The highest BCUT2D eigenvalue weighted by molar-refractivity contribution is 5.92. The predicted molar refractivity (Wildman–Crippen MR) is 92.1 cm³/mol. The van der Waals surface area contributed by atoms with Crippen LogP contribution >= 0.6 is 0 Å². The van der Waals surface area contributed by atoms with Gasteiger partial charge >= 0.3 is 0 Å². The van der Waals surface area contributed by atoms with Gasteiger partial charge in [0.1, 0.15) is 5.69 Å². The zero-order valence-electron chi connectivity index (χ0n) is 15.0. The van der Waals surface area contributed by atoms with Gasteiger partial charge in [-0.3, -0.25) is 19.2 Å². The fourth-order valence-electron chi connectivity index (χ4n) is 3.82. The van der Waals surface area contributed by atoms with E-state index in [2.05, 4.69) is 15.3 Å². The second-order valence-corrected chi connectivity index (χ2v) is 7.14. The van der Waals surface area contributed by atoms with Crippen LogP contribution in [-0.4, -0.2) is 84.4 Å². The second kappa shape index (κ2) is 7.53. The molecule has 1 aromatic rings. The fraction of sp³-hybridized carbons (Fsp3) is 0.706. The number of piperidine rings is 1. The Hall–Kier alpha value is -1.93. The first-order valence-electron chi connectivity index (χ1n) is 8.81. The molecule has 0 aromatic carbocycles. The maximum Gasteiger partial charge on any atom is 0.274 e. The van der Waals surface area contributed by atoms with Crippen LogP contribution < -0.4 is 5.32 Å². The summed E-state index contributed by atoms with van der Waals surface area (Å²) in [4.78, 5) is 28.5. The number of hydrogen-bond donors (Lipinski definition) is 1. The highest BCUT2D eigenvalue weighted by Gasteiger charge is 2.40. The first-order chi connectivity index (χ1) is 12.0. The molecule has 2 fully saturated rings. The lowest BCUT2D eigenvalue weighted by Crippen LogP contribution is -2.53. The molecule has 0 bridgehead atoms. The first-order valence-corrected chi connectivity index (χ1v) is 8.81. The smallest absolute Gasteiger partial charge is 0.274 e. The van der Waals surface area contributed by atoms with Crippen molar-refractivity contribution in [3.63, 3.8) is 0 Å². The van der Waals surface area contributed by atoms with Crippen molar-refractivity contribution in [1.82, 2.24) is 24.9 Å².